The number of carbonyl (C=O) groups excluding carboxylic acids is 1. The monoisotopic (exact) mass is 296 g/mol. The highest BCUT2D eigenvalue weighted by Gasteiger charge is 2.40. The predicted molar refractivity (Wildman–Crippen MR) is 81.1 cm³/mol. The Bertz CT molecular complexity index is 399. The normalized spacial score (nSPS) is 33.6. The summed E-state index contributed by atoms with van der Waals surface area (Å²) in [6, 6.07) is -0.529. The third kappa shape index (κ3) is 3.33. The quantitative estimate of drug-likeness (QED) is 0.852. The lowest BCUT2D eigenvalue weighted by molar-refractivity contribution is -0.145. The van der Waals surface area contributed by atoms with Gasteiger partial charge in [0.25, 0.3) is 0 Å². The van der Waals surface area contributed by atoms with Crippen molar-refractivity contribution < 1.29 is 14.7 Å². The molecule has 21 heavy (non-hydrogen) atoms. The van der Waals surface area contributed by atoms with E-state index in [1.807, 2.05) is 14.0 Å². The first-order chi connectivity index (χ1) is 9.93. The Labute approximate surface area is 127 Å². The van der Waals surface area contributed by atoms with Gasteiger partial charge in [-0.05, 0) is 37.5 Å². The predicted octanol–water partition coefficient (Wildman–Crippen LogP) is 2.80. The number of piperidine rings is 1. The summed E-state index contributed by atoms with van der Waals surface area (Å²) in [6.07, 6.45) is 6.35. The van der Waals surface area contributed by atoms with Crippen LogP contribution >= 0.6 is 0 Å². The Kier molecular flexibility index (Phi) is 5.12. The van der Waals surface area contributed by atoms with E-state index in [0.717, 1.165) is 32.1 Å². The lowest BCUT2D eigenvalue weighted by atomic mass is 9.85. The van der Waals surface area contributed by atoms with Crippen molar-refractivity contribution in [2.45, 2.75) is 64.5 Å². The Balaban J connectivity index is 2.11. The van der Waals surface area contributed by atoms with E-state index in [2.05, 4.69) is 6.92 Å². The minimum atomic E-state index is -0.874. The summed E-state index contributed by atoms with van der Waals surface area (Å²) in [5, 5.41) is 9.46. The summed E-state index contributed by atoms with van der Waals surface area (Å²) in [6.45, 7) is 4.69. The number of nitrogens with zero attached hydrogens (tertiary/aromatic N) is 2. The van der Waals surface area contributed by atoms with Gasteiger partial charge in [0.1, 0.15) is 6.04 Å². The maximum atomic E-state index is 12.8. The summed E-state index contributed by atoms with van der Waals surface area (Å²) >= 11 is 0. The topological polar surface area (TPSA) is 60.9 Å². The van der Waals surface area contributed by atoms with E-state index < -0.39 is 12.0 Å². The summed E-state index contributed by atoms with van der Waals surface area (Å²) in [7, 11) is 1.84. The molecule has 2 rings (SSSR count). The second-order valence-corrected chi connectivity index (χ2v) is 6.82. The van der Waals surface area contributed by atoms with Crippen molar-refractivity contribution >= 4 is 12.0 Å². The Hall–Kier alpha value is -1.26. The van der Waals surface area contributed by atoms with Crippen molar-refractivity contribution in [1.82, 2.24) is 9.80 Å². The van der Waals surface area contributed by atoms with Crippen molar-refractivity contribution in [3.8, 4) is 0 Å². The molecule has 0 radical (unpaired) electrons. The molecule has 1 aliphatic carbocycles. The molecule has 0 aromatic heterocycles. The number of likely N-dealkylation sites (tertiary alicyclic amines) is 1. The third-order valence-corrected chi connectivity index (χ3v) is 5.30. The van der Waals surface area contributed by atoms with Crippen molar-refractivity contribution in [3.05, 3.63) is 0 Å². The first-order valence-electron chi connectivity index (χ1n) is 8.19. The molecule has 5 nitrogen and oxygen atoms in total. The van der Waals surface area contributed by atoms with Gasteiger partial charge in [-0.2, -0.15) is 0 Å². The second kappa shape index (κ2) is 6.67. The molecule has 1 saturated carbocycles. The van der Waals surface area contributed by atoms with Gasteiger partial charge in [0.2, 0.25) is 0 Å². The molecule has 0 bridgehead atoms. The van der Waals surface area contributed by atoms with Crippen LogP contribution in [0.4, 0.5) is 4.79 Å². The average Bonchev–Trinajstić information content (AvgIpc) is 2.45. The average molecular weight is 296 g/mol. The van der Waals surface area contributed by atoms with Gasteiger partial charge in [-0.1, -0.05) is 26.7 Å². The molecule has 1 saturated heterocycles. The van der Waals surface area contributed by atoms with Gasteiger partial charge < -0.3 is 14.9 Å². The van der Waals surface area contributed by atoms with Gasteiger partial charge in [0, 0.05) is 19.6 Å². The van der Waals surface area contributed by atoms with Crippen LogP contribution in [-0.2, 0) is 4.79 Å². The van der Waals surface area contributed by atoms with Gasteiger partial charge in [0.05, 0.1) is 0 Å². The fourth-order valence-electron chi connectivity index (χ4n) is 4.00. The summed E-state index contributed by atoms with van der Waals surface area (Å²) in [4.78, 5) is 27.7. The SMILES string of the molecule is CC1CCCCC1N(C)C(=O)N1CCCC(C)C1C(=O)O. The van der Waals surface area contributed by atoms with Crippen LogP contribution in [0.2, 0.25) is 0 Å². The van der Waals surface area contributed by atoms with Crippen LogP contribution in [0.15, 0.2) is 0 Å². The molecule has 4 atom stereocenters. The summed E-state index contributed by atoms with van der Waals surface area (Å²) in [5.41, 5.74) is 0. The standard InChI is InChI=1S/C16H28N2O3/c1-11-7-4-5-9-13(11)17(3)16(21)18-10-6-8-12(2)14(18)15(19)20/h11-14H,4-10H2,1-3H3,(H,19,20). The summed E-state index contributed by atoms with van der Waals surface area (Å²) in [5.74, 6) is -0.351. The van der Waals surface area contributed by atoms with Crippen LogP contribution in [-0.4, -0.2) is 52.6 Å². The highest BCUT2D eigenvalue weighted by molar-refractivity contribution is 5.83. The van der Waals surface area contributed by atoms with Crippen molar-refractivity contribution in [2.75, 3.05) is 13.6 Å². The van der Waals surface area contributed by atoms with E-state index in [-0.39, 0.29) is 18.0 Å². The Morgan fingerprint density at radius 2 is 1.67 bits per heavy atom. The molecule has 120 valence electrons. The maximum Gasteiger partial charge on any atom is 0.326 e. The molecule has 0 aromatic rings. The van der Waals surface area contributed by atoms with Crippen LogP contribution < -0.4 is 0 Å². The highest BCUT2D eigenvalue weighted by Crippen LogP contribution is 2.30. The molecule has 1 N–H and O–H groups in total. The zero-order valence-corrected chi connectivity index (χ0v) is 13.4. The highest BCUT2D eigenvalue weighted by atomic mass is 16.4. The van der Waals surface area contributed by atoms with Crippen LogP contribution in [0.1, 0.15) is 52.4 Å². The third-order valence-electron chi connectivity index (χ3n) is 5.30. The maximum absolute atomic E-state index is 12.8. The Morgan fingerprint density at radius 3 is 2.29 bits per heavy atom. The largest absolute Gasteiger partial charge is 0.480 e. The number of rotatable bonds is 2. The first-order valence-corrected chi connectivity index (χ1v) is 8.19. The molecule has 5 heteroatoms. The molecule has 0 spiro atoms. The van der Waals surface area contributed by atoms with Crippen molar-refractivity contribution in [2.24, 2.45) is 11.8 Å². The Morgan fingerprint density at radius 1 is 1.05 bits per heavy atom. The zero-order valence-electron chi connectivity index (χ0n) is 13.4. The molecule has 2 amide bonds. The lowest BCUT2D eigenvalue weighted by Gasteiger charge is -2.43. The molecule has 0 aromatic carbocycles. The minimum absolute atomic E-state index is 0.0254. The van der Waals surface area contributed by atoms with Gasteiger partial charge in [-0.15, -0.1) is 0 Å². The fraction of sp³-hybridized carbons (Fsp3) is 0.875. The zero-order chi connectivity index (χ0) is 15.6. The van der Waals surface area contributed by atoms with E-state index >= 15 is 0 Å². The van der Waals surface area contributed by atoms with E-state index in [1.165, 1.54) is 6.42 Å². The lowest BCUT2D eigenvalue weighted by Crippen LogP contribution is -2.57. The number of urea groups is 1. The smallest absolute Gasteiger partial charge is 0.326 e. The van der Waals surface area contributed by atoms with Gasteiger partial charge >= 0.3 is 12.0 Å². The molecule has 1 aliphatic heterocycles. The van der Waals surface area contributed by atoms with E-state index in [4.69, 9.17) is 0 Å². The molecule has 4 unspecified atom stereocenters. The minimum Gasteiger partial charge on any atom is -0.480 e. The first kappa shape index (κ1) is 16.1. The van der Waals surface area contributed by atoms with E-state index in [9.17, 15) is 14.7 Å². The van der Waals surface area contributed by atoms with E-state index in [0.29, 0.717) is 12.5 Å². The number of carboxylic acids is 1. The number of carboxylic acid groups (broad SMARTS) is 1. The van der Waals surface area contributed by atoms with Crippen LogP contribution in [0, 0.1) is 11.8 Å². The number of amides is 2. The van der Waals surface area contributed by atoms with E-state index in [1.54, 1.807) is 9.80 Å². The van der Waals surface area contributed by atoms with Crippen LogP contribution in [0.3, 0.4) is 0 Å². The molecular weight excluding hydrogens is 268 g/mol. The number of hydrogen-bond donors (Lipinski definition) is 1. The van der Waals surface area contributed by atoms with Gasteiger partial charge in [0.15, 0.2) is 0 Å². The second-order valence-electron chi connectivity index (χ2n) is 6.82. The van der Waals surface area contributed by atoms with Gasteiger partial charge in [-0.3, -0.25) is 0 Å². The van der Waals surface area contributed by atoms with Crippen LogP contribution in [0.5, 0.6) is 0 Å². The summed E-state index contributed by atoms with van der Waals surface area (Å²) < 4.78 is 0. The number of carbonyl (C=O) groups is 2. The molecule has 2 fully saturated rings. The molecular formula is C16H28N2O3. The van der Waals surface area contributed by atoms with Crippen molar-refractivity contribution in [3.63, 3.8) is 0 Å². The number of aliphatic carboxylic acids is 1. The number of hydrogen-bond acceptors (Lipinski definition) is 2. The van der Waals surface area contributed by atoms with Crippen LogP contribution in [0.25, 0.3) is 0 Å². The van der Waals surface area contributed by atoms with Gasteiger partial charge in [-0.25, -0.2) is 9.59 Å². The molecule has 1 heterocycles. The van der Waals surface area contributed by atoms with Crippen molar-refractivity contribution in [1.29, 1.82) is 0 Å². The molecule has 2 aliphatic rings. The fourth-order valence-corrected chi connectivity index (χ4v) is 4.00.